The van der Waals surface area contributed by atoms with Gasteiger partial charge in [-0.15, -0.1) is 0 Å². The van der Waals surface area contributed by atoms with Gasteiger partial charge >= 0.3 is 11.9 Å². The molecule has 10 heteroatoms. The van der Waals surface area contributed by atoms with Crippen LogP contribution in [0.1, 0.15) is 181 Å². The molecule has 0 saturated carbocycles. The summed E-state index contributed by atoms with van der Waals surface area (Å²) in [7, 11) is 0. The first-order valence-corrected chi connectivity index (χ1v) is 22.1. The summed E-state index contributed by atoms with van der Waals surface area (Å²) >= 11 is 0. The van der Waals surface area contributed by atoms with E-state index in [1.807, 2.05) is 0 Å². The van der Waals surface area contributed by atoms with Crippen LogP contribution in [-0.2, 0) is 28.5 Å². The Balaban J connectivity index is 2.35. The first-order chi connectivity index (χ1) is 26.8. The van der Waals surface area contributed by atoms with Gasteiger partial charge in [0.1, 0.15) is 31.0 Å². The third kappa shape index (κ3) is 28.0. The van der Waals surface area contributed by atoms with Crippen molar-refractivity contribution in [2.24, 2.45) is 0 Å². The largest absolute Gasteiger partial charge is 0.462 e. The fraction of sp³-hybridized carbons (Fsp3) is 0.822. The minimum atomic E-state index is -1.60. The number of unbranched alkanes of at least 4 members (excludes halogenated alkanes) is 19. The lowest BCUT2D eigenvalue weighted by Crippen LogP contribution is -2.59. The Labute approximate surface area is 334 Å². The normalized spacial score (nSPS) is 20.9. The molecule has 0 bridgehead atoms. The van der Waals surface area contributed by atoms with E-state index in [1.165, 1.54) is 77.0 Å². The van der Waals surface area contributed by atoms with Gasteiger partial charge in [0.05, 0.1) is 13.2 Å². The molecule has 1 aliphatic rings. The fourth-order valence-electron chi connectivity index (χ4n) is 6.45. The Morgan fingerprint density at radius 1 is 0.564 bits per heavy atom. The van der Waals surface area contributed by atoms with Gasteiger partial charge < -0.3 is 39.4 Å². The molecule has 55 heavy (non-hydrogen) atoms. The van der Waals surface area contributed by atoms with Crippen molar-refractivity contribution >= 4 is 11.9 Å². The van der Waals surface area contributed by atoms with Crippen molar-refractivity contribution in [2.45, 2.75) is 218 Å². The number of allylic oxidation sites excluding steroid dienone is 6. The summed E-state index contributed by atoms with van der Waals surface area (Å²) in [5, 5.41) is 40.0. The predicted octanol–water partition coefficient (Wildman–Crippen LogP) is 9.11. The van der Waals surface area contributed by atoms with Crippen LogP contribution in [0.5, 0.6) is 0 Å². The zero-order chi connectivity index (χ0) is 40.2. The van der Waals surface area contributed by atoms with E-state index < -0.39 is 49.4 Å². The smallest absolute Gasteiger partial charge is 0.306 e. The lowest BCUT2D eigenvalue weighted by atomic mass is 9.99. The standard InChI is InChI=1S/C45H80O10/c1-3-5-7-9-11-13-15-17-18-19-20-22-24-26-28-30-32-34-41(48)54-38(37-53-45-44(51)43(50)42(49)39(35-46)55-45)36-52-40(47)33-31-29-27-25-23-21-16-14-12-10-8-6-4-2/h11,13-14,16-18,38-39,42-46,49-51H,3-10,12,15,19-37H2,1-2H3/b13-11-,16-14-,18-17-. The summed E-state index contributed by atoms with van der Waals surface area (Å²) < 4.78 is 22.1. The van der Waals surface area contributed by atoms with Gasteiger partial charge in [0.15, 0.2) is 12.4 Å². The predicted molar refractivity (Wildman–Crippen MR) is 219 cm³/mol. The molecule has 1 saturated heterocycles. The molecule has 0 radical (unpaired) electrons. The molecule has 0 aromatic carbocycles. The third-order valence-electron chi connectivity index (χ3n) is 10.00. The van der Waals surface area contributed by atoms with Gasteiger partial charge in [0.25, 0.3) is 0 Å². The lowest BCUT2D eigenvalue weighted by molar-refractivity contribution is -0.305. The first-order valence-electron chi connectivity index (χ1n) is 22.1. The lowest BCUT2D eigenvalue weighted by Gasteiger charge is -2.39. The maximum absolute atomic E-state index is 12.8. The first kappa shape index (κ1) is 50.9. The Morgan fingerprint density at radius 3 is 1.56 bits per heavy atom. The van der Waals surface area contributed by atoms with E-state index >= 15 is 0 Å². The van der Waals surface area contributed by atoms with E-state index in [2.05, 4.69) is 50.3 Å². The zero-order valence-corrected chi connectivity index (χ0v) is 34.7. The molecular weight excluding hydrogens is 700 g/mol. The number of ether oxygens (including phenoxy) is 4. The molecule has 4 N–H and O–H groups in total. The maximum atomic E-state index is 12.8. The van der Waals surface area contributed by atoms with Gasteiger partial charge in [0, 0.05) is 12.8 Å². The van der Waals surface area contributed by atoms with Crippen LogP contribution in [0.3, 0.4) is 0 Å². The van der Waals surface area contributed by atoms with Gasteiger partial charge in [-0.25, -0.2) is 0 Å². The van der Waals surface area contributed by atoms with Gasteiger partial charge in [-0.05, 0) is 70.6 Å². The molecule has 0 amide bonds. The number of hydrogen-bond donors (Lipinski definition) is 4. The Bertz CT molecular complexity index is 996. The second kappa shape index (κ2) is 36.3. The monoisotopic (exact) mass is 781 g/mol. The highest BCUT2D eigenvalue weighted by atomic mass is 16.7. The summed E-state index contributed by atoms with van der Waals surface area (Å²) in [6.07, 6.45) is 32.9. The molecule has 6 atom stereocenters. The summed E-state index contributed by atoms with van der Waals surface area (Å²) in [6.45, 7) is 3.36. The molecule has 0 aromatic heterocycles. The molecule has 1 rings (SSSR count). The van der Waals surface area contributed by atoms with Gasteiger partial charge in [-0.1, -0.05) is 134 Å². The fourth-order valence-corrected chi connectivity index (χ4v) is 6.45. The van der Waals surface area contributed by atoms with Crippen LogP contribution in [-0.4, -0.2) is 89.0 Å². The average Bonchev–Trinajstić information content (AvgIpc) is 3.18. The Kier molecular flexibility index (Phi) is 33.6. The number of carbonyl (C=O) groups is 2. The van der Waals surface area contributed by atoms with E-state index in [0.717, 1.165) is 64.2 Å². The summed E-state index contributed by atoms with van der Waals surface area (Å²) in [5.74, 6) is -0.825. The van der Waals surface area contributed by atoms with Crippen LogP contribution in [0, 0.1) is 0 Å². The topological polar surface area (TPSA) is 152 Å². The van der Waals surface area contributed by atoms with Crippen LogP contribution in [0.4, 0.5) is 0 Å². The minimum absolute atomic E-state index is 0.219. The number of hydrogen-bond acceptors (Lipinski definition) is 10. The van der Waals surface area contributed by atoms with E-state index in [9.17, 15) is 30.0 Å². The van der Waals surface area contributed by atoms with Crippen molar-refractivity contribution in [3.63, 3.8) is 0 Å². The van der Waals surface area contributed by atoms with Crippen LogP contribution in [0.15, 0.2) is 36.5 Å². The van der Waals surface area contributed by atoms with Crippen molar-refractivity contribution in [1.82, 2.24) is 0 Å². The van der Waals surface area contributed by atoms with Gasteiger partial charge in [-0.2, -0.15) is 0 Å². The molecule has 1 fully saturated rings. The maximum Gasteiger partial charge on any atom is 0.306 e. The highest BCUT2D eigenvalue weighted by molar-refractivity contribution is 5.70. The van der Waals surface area contributed by atoms with Crippen molar-refractivity contribution in [1.29, 1.82) is 0 Å². The Morgan fingerprint density at radius 2 is 1.02 bits per heavy atom. The molecule has 320 valence electrons. The second-order valence-electron chi connectivity index (χ2n) is 15.1. The van der Waals surface area contributed by atoms with E-state index in [0.29, 0.717) is 12.8 Å². The van der Waals surface area contributed by atoms with E-state index in [-0.39, 0.29) is 32.0 Å². The summed E-state index contributed by atoms with van der Waals surface area (Å²) in [5.41, 5.74) is 0. The second-order valence-corrected chi connectivity index (χ2v) is 15.1. The molecule has 1 aliphatic heterocycles. The van der Waals surface area contributed by atoms with Gasteiger partial charge in [0.2, 0.25) is 0 Å². The van der Waals surface area contributed by atoms with Crippen molar-refractivity contribution in [3.05, 3.63) is 36.5 Å². The molecule has 0 spiro atoms. The quantitative estimate of drug-likeness (QED) is 0.0275. The Hall–Kier alpha value is -2.08. The minimum Gasteiger partial charge on any atom is -0.462 e. The highest BCUT2D eigenvalue weighted by Crippen LogP contribution is 2.22. The number of rotatable bonds is 36. The number of aliphatic hydroxyl groups is 4. The molecule has 10 nitrogen and oxygen atoms in total. The van der Waals surface area contributed by atoms with E-state index in [1.54, 1.807) is 0 Å². The SMILES string of the molecule is CCCCC/C=C\C/C=C\CCCCCCCCCC(=O)OC(COC(=O)CCCCCCC/C=C\CCCCCC)COC1OC(CO)C(O)C(O)C1O. The number of aliphatic hydroxyl groups excluding tert-OH is 4. The van der Waals surface area contributed by atoms with Crippen molar-refractivity contribution in [3.8, 4) is 0 Å². The van der Waals surface area contributed by atoms with Crippen LogP contribution in [0.2, 0.25) is 0 Å². The molecule has 0 aromatic rings. The molecule has 6 unspecified atom stereocenters. The summed E-state index contributed by atoms with van der Waals surface area (Å²) in [4.78, 5) is 25.3. The van der Waals surface area contributed by atoms with Crippen LogP contribution in [0.25, 0.3) is 0 Å². The highest BCUT2D eigenvalue weighted by Gasteiger charge is 2.44. The van der Waals surface area contributed by atoms with Crippen LogP contribution >= 0.6 is 0 Å². The van der Waals surface area contributed by atoms with Crippen molar-refractivity contribution in [2.75, 3.05) is 19.8 Å². The molecule has 1 heterocycles. The van der Waals surface area contributed by atoms with E-state index in [4.69, 9.17) is 18.9 Å². The van der Waals surface area contributed by atoms with Crippen molar-refractivity contribution < 1.29 is 49.0 Å². The molecular formula is C45H80O10. The average molecular weight is 781 g/mol. The molecule has 0 aliphatic carbocycles. The third-order valence-corrected chi connectivity index (χ3v) is 10.00. The zero-order valence-electron chi connectivity index (χ0n) is 34.7. The van der Waals surface area contributed by atoms with Crippen LogP contribution < -0.4 is 0 Å². The number of carbonyl (C=O) groups excluding carboxylic acids is 2. The summed E-state index contributed by atoms with van der Waals surface area (Å²) in [6, 6.07) is 0. The number of esters is 2. The van der Waals surface area contributed by atoms with Gasteiger partial charge in [-0.3, -0.25) is 9.59 Å².